The van der Waals surface area contributed by atoms with Crippen LogP contribution in [0.25, 0.3) is 0 Å². The van der Waals surface area contributed by atoms with Crippen LogP contribution in [0.1, 0.15) is 12.5 Å². The largest absolute Gasteiger partial charge is 0.457 e. The van der Waals surface area contributed by atoms with Gasteiger partial charge in [-0.3, -0.25) is 9.79 Å². The summed E-state index contributed by atoms with van der Waals surface area (Å²) in [6.45, 7) is 2.04. The van der Waals surface area contributed by atoms with Crippen LogP contribution in [0.15, 0.2) is 83.9 Å². The molecule has 0 aliphatic rings. The Morgan fingerprint density at radius 2 is 1.60 bits per heavy atom. The quantitative estimate of drug-likeness (QED) is 0.234. The normalized spacial score (nSPS) is 10.6. The van der Waals surface area contributed by atoms with E-state index in [0.717, 1.165) is 29.1 Å². The van der Waals surface area contributed by atoms with Crippen LogP contribution in [-0.4, -0.2) is 18.4 Å². The van der Waals surface area contributed by atoms with Crippen molar-refractivity contribution >= 4 is 47.2 Å². The number of nitrogens with two attached hydrogens (primary N) is 1. The molecule has 0 unspecified atom stereocenters. The summed E-state index contributed by atoms with van der Waals surface area (Å²) < 4.78 is 5.83. The molecule has 0 saturated heterocycles. The third-order valence-corrected chi connectivity index (χ3v) is 4.04. The van der Waals surface area contributed by atoms with E-state index >= 15 is 0 Å². The van der Waals surface area contributed by atoms with Crippen LogP contribution < -0.4 is 21.1 Å². The highest BCUT2D eigenvalue weighted by Crippen LogP contribution is 2.23. The molecule has 0 aliphatic heterocycles. The monoisotopic (exact) mass is 516 g/mol. The smallest absolute Gasteiger partial charge is 0.221 e. The second-order valence-corrected chi connectivity index (χ2v) is 6.46. The van der Waals surface area contributed by atoms with Crippen molar-refractivity contribution in [3.63, 3.8) is 0 Å². The lowest BCUT2D eigenvalue weighted by molar-refractivity contribution is -0.114. The SMILES string of the molecule is CC(=O)Nc1ccc(CCN=C(N)Nc2cccc(Oc3ccccc3)c2)cc1.I. The van der Waals surface area contributed by atoms with E-state index in [-0.39, 0.29) is 29.9 Å². The van der Waals surface area contributed by atoms with E-state index in [9.17, 15) is 4.79 Å². The number of carbonyl (C=O) groups is 1. The number of amides is 1. The van der Waals surface area contributed by atoms with Crippen LogP contribution in [0.5, 0.6) is 11.5 Å². The summed E-state index contributed by atoms with van der Waals surface area (Å²) in [6.07, 6.45) is 0.750. The molecule has 6 nitrogen and oxygen atoms in total. The van der Waals surface area contributed by atoms with Crippen molar-refractivity contribution in [2.24, 2.45) is 10.7 Å². The zero-order valence-corrected chi connectivity index (χ0v) is 19.0. The van der Waals surface area contributed by atoms with E-state index in [0.29, 0.717) is 18.3 Å². The first kappa shape index (κ1) is 23.2. The standard InChI is InChI=1S/C23H24N4O2.HI/c1-17(28)26-19-12-10-18(11-13-19)14-15-25-23(24)27-20-6-5-9-22(16-20)29-21-7-3-2-4-8-21;/h2-13,16H,14-15H2,1H3,(H,26,28)(H3,24,25,27);1H. The van der Waals surface area contributed by atoms with Gasteiger partial charge < -0.3 is 21.1 Å². The highest BCUT2D eigenvalue weighted by atomic mass is 127. The molecule has 0 radical (unpaired) electrons. The summed E-state index contributed by atoms with van der Waals surface area (Å²) in [5.41, 5.74) is 8.71. The molecule has 4 N–H and O–H groups in total. The number of hydrogen-bond acceptors (Lipinski definition) is 3. The predicted octanol–water partition coefficient (Wildman–Crippen LogP) is 5.02. The first-order valence-corrected chi connectivity index (χ1v) is 9.35. The molecule has 156 valence electrons. The summed E-state index contributed by atoms with van der Waals surface area (Å²) in [5, 5.41) is 5.83. The summed E-state index contributed by atoms with van der Waals surface area (Å²) in [6, 6.07) is 24.8. The number of guanidine groups is 1. The number of anilines is 2. The summed E-state index contributed by atoms with van der Waals surface area (Å²) >= 11 is 0. The third-order valence-electron chi connectivity index (χ3n) is 4.04. The number of carbonyl (C=O) groups excluding carboxylic acids is 1. The molecule has 0 spiro atoms. The van der Waals surface area contributed by atoms with E-state index in [2.05, 4.69) is 15.6 Å². The minimum absolute atomic E-state index is 0. The second kappa shape index (κ2) is 11.8. The van der Waals surface area contributed by atoms with Crippen molar-refractivity contribution in [2.75, 3.05) is 17.2 Å². The number of halogens is 1. The number of aliphatic imine (C=N–C) groups is 1. The van der Waals surface area contributed by atoms with Gasteiger partial charge in [0.1, 0.15) is 11.5 Å². The number of nitrogens with zero attached hydrogens (tertiary/aromatic N) is 1. The van der Waals surface area contributed by atoms with E-state index in [4.69, 9.17) is 10.5 Å². The number of rotatable bonds is 7. The molecule has 0 fully saturated rings. The van der Waals surface area contributed by atoms with Gasteiger partial charge in [-0.1, -0.05) is 36.4 Å². The van der Waals surface area contributed by atoms with Crippen molar-refractivity contribution in [3.8, 4) is 11.5 Å². The minimum Gasteiger partial charge on any atom is -0.457 e. The van der Waals surface area contributed by atoms with Gasteiger partial charge in [0.25, 0.3) is 0 Å². The van der Waals surface area contributed by atoms with Gasteiger partial charge in [0, 0.05) is 30.9 Å². The number of para-hydroxylation sites is 1. The van der Waals surface area contributed by atoms with Crippen molar-refractivity contribution in [3.05, 3.63) is 84.4 Å². The summed E-state index contributed by atoms with van der Waals surface area (Å²) in [7, 11) is 0. The summed E-state index contributed by atoms with van der Waals surface area (Å²) in [4.78, 5) is 15.4. The molecule has 1 amide bonds. The fourth-order valence-electron chi connectivity index (χ4n) is 2.71. The maximum absolute atomic E-state index is 11.1. The lowest BCUT2D eigenvalue weighted by Crippen LogP contribution is -2.23. The Hall–Kier alpha value is -3.07. The molecule has 0 aromatic heterocycles. The lowest BCUT2D eigenvalue weighted by atomic mass is 10.1. The van der Waals surface area contributed by atoms with Crippen LogP contribution in [0, 0.1) is 0 Å². The van der Waals surface area contributed by atoms with E-state index < -0.39 is 0 Å². The Labute approximate surface area is 193 Å². The third kappa shape index (κ3) is 7.75. The molecule has 3 aromatic carbocycles. The Kier molecular flexibility index (Phi) is 9.14. The van der Waals surface area contributed by atoms with Crippen LogP contribution in [0.2, 0.25) is 0 Å². The van der Waals surface area contributed by atoms with Gasteiger partial charge in [-0.2, -0.15) is 0 Å². The molecule has 30 heavy (non-hydrogen) atoms. The van der Waals surface area contributed by atoms with Crippen LogP contribution >= 0.6 is 24.0 Å². The van der Waals surface area contributed by atoms with E-state index in [1.807, 2.05) is 78.9 Å². The maximum Gasteiger partial charge on any atom is 0.221 e. The van der Waals surface area contributed by atoms with Crippen LogP contribution in [0.3, 0.4) is 0 Å². The molecule has 0 atom stereocenters. The number of hydrogen-bond donors (Lipinski definition) is 3. The first-order chi connectivity index (χ1) is 14.1. The fraction of sp³-hybridized carbons (Fsp3) is 0.130. The topological polar surface area (TPSA) is 88.7 Å². The zero-order chi connectivity index (χ0) is 20.5. The molecule has 0 bridgehead atoms. The molecule has 3 rings (SSSR count). The molecule has 0 aliphatic carbocycles. The highest BCUT2D eigenvalue weighted by molar-refractivity contribution is 14.0. The van der Waals surface area contributed by atoms with Gasteiger partial charge in [-0.15, -0.1) is 24.0 Å². The molecular formula is C23H25IN4O2. The van der Waals surface area contributed by atoms with Crippen molar-refractivity contribution < 1.29 is 9.53 Å². The molecule has 3 aromatic rings. The Morgan fingerprint density at radius 3 is 2.30 bits per heavy atom. The summed E-state index contributed by atoms with van der Waals surface area (Å²) in [5.74, 6) is 1.75. The van der Waals surface area contributed by atoms with Gasteiger partial charge >= 0.3 is 0 Å². The van der Waals surface area contributed by atoms with Gasteiger partial charge in [-0.25, -0.2) is 0 Å². The number of benzene rings is 3. The predicted molar refractivity (Wildman–Crippen MR) is 133 cm³/mol. The molecule has 0 heterocycles. The van der Waals surface area contributed by atoms with Crippen molar-refractivity contribution in [1.29, 1.82) is 0 Å². The Balaban J connectivity index is 0.00000320. The lowest BCUT2D eigenvalue weighted by Gasteiger charge is -2.09. The molecular weight excluding hydrogens is 491 g/mol. The molecule has 0 saturated carbocycles. The maximum atomic E-state index is 11.1. The average Bonchev–Trinajstić information content (AvgIpc) is 2.70. The van der Waals surface area contributed by atoms with Gasteiger partial charge in [0.15, 0.2) is 5.96 Å². The van der Waals surface area contributed by atoms with Crippen molar-refractivity contribution in [2.45, 2.75) is 13.3 Å². The van der Waals surface area contributed by atoms with Crippen LogP contribution in [-0.2, 0) is 11.2 Å². The van der Waals surface area contributed by atoms with Gasteiger partial charge in [0.2, 0.25) is 5.91 Å². The minimum atomic E-state index is -0.0839. The Morgan fingerprint density at radius 1 is 0.900 bits per heavy atom. The van der Waals surface area contributed by atoms with E-state index in [1.54, 1.807) is 0 Å². The molecule has 7 heteroatoms. The van der Waals surface area contributed by atoms with Crippen LogP contribution in [0.4, 0.5) is 11.4 Å². The van der Waals surface area contributed by atoms with Gasteiger partial charge in [-0.05, 0) is 48.4 Å². The number of ether oxygens (including phenoxy) is 1. The Bertz CT molecular complexity index is 976. The van der Waals surface area contributed by atoms with E-state index in [1.165, 1.54) is 6.92 Å². The highest BCUT2D eigenvalue weighted by Gasteiger charge is 2.01. The first-order valence-electron chi connectivity index (χ1n) is 9.35. The van der Waals surface area contributed by atoms with Crippen molar-refractivity contribution in [1.82, 2.24) is 0 Å². The van der Waals surface area contributed by atoms with Gasteiger partial charge in [0.05, 0.1) is 0 Å². The second-order valence-electron chi connectivity index (χ2n) is 6.46. The average molecular weight is 516 g/mol. The number of nitrogens with one attached hydrogen (secondary N) is 2. The fourth-order valence-corrected chi connectivity index (χ4v) is 2.71. The zero-order valence-electron chi connectivity index (χ0n) is 16.7.